The summed E-state index contributed by atoms with van der Waals surface area (Å²) in [5.41, 5.74) is 0. The zero-order valence-corrected chi connectivity index (χ0v) is 14.1. The molecule has 0 unspecified atom stereocenters. The van der Waals surface area contributed by atoms with Gasteiger partial charge in [0.05, 0.1) is 6.54 Å². The lowest BCUT2D eigenvalue weighted by Gasteiger charge is -2.31. The summed E-state index contributed by atoms with van der Waals surface area (Å²) in [6.07, 6.45) is 4.12. The van der Waals surface area contributed by atoms with Crippen molar-refractivity contribution in [1.82, 2.24) is 15.0 Å². The molecule has 0 bridgehead atoms. The summed E-state index contributed by atoms with van der Waals surface area (Å²) in [5.74, 6) is 2.36. The van der Waals surface area contributed by atoms with Crippen molar-refractivity contribution in [2.75, 3.05) is 13.1 Å². The summed E-state index contributed by atoms with van der Waals surface area (Å²) >= 11 is 5.99. The van der Waals surface area contributed by atoms with Crippen LogP contribution in [0.1, 0.15) is 37.9 Å². The molecule has 0 N–H and O–H groups in total. The average Bonchev–Trinajstić information content (AvgIpc) is 2.97. The minimum Gasteiger partial charge on any atom is -0.490 e. The molecular weight excluding hydrogens is 314 g/mol. The molecule has 2 heterocycles. The highest BCUT2D eigenvalue weighted by atomic mass is 35.5. The van der Waals surface area contributed by atoms with E-state index in [1.807, 2.05) is 24.3 Å². The molecule has 0 aliphatic carbocycles. The van der Waals surface area contributed by atoms with Gasteiger partial charge < -0.3 is 9.26 Å². The summed E-state index contributed by atoms with van der Waals surface area (Å²) in [7, 11) is 0. The zero-order valence-electron chi connectivity index (χ0n) is 13.4. The second-order valence-corrected chi connectivity index (χ2v) is 6.34. The first-order valence-electron chi connectivity index (χ1n) is 8.19. The summed E-state index contributed by atoms with van der Waals surface area (Å²) < 4.78 is 11.3. The second-order valence-electron chi connectivity index (χ2n) is 5.91. The first-order valence-corrected chi connectivity index (χ1v) is 8.57. The molecule has 0 radical (unpaired) electrons. The van der Waals surface area contributed by atoms with E-state index < -0.39 is 0 Å². The molecule has 1 aromatic heterocycles. The van der Waals surface area contributed by atoms with E-state index in [1.54, 1.807) is 0 Å². The van der Waals surface area contributed by atoms with Gasteiger partial charge in [-0.1, -0.05) is 29.7 Å². The Morgan fingerprint density at radius 3 is 2.91 bits per heavy atom. The van der Waals surface area contributed by atoms with E-state index in [2.05, 4.69) is 22.0 Å². The number of benzene rings is 1. The van der Waals surface area contributed by atoms with Gasteiger partial charge in [-0.15, -0.1) is 0 Å². The van der Waals surface area contributed by atoms with Gasteiger partial charge in [0, 0.05) is 24.5 Å². The molecule has 0 atom stereocenters. The van der Waals surface area contributed by atoms with Gasteiger partial charge in [0.2, 0.25) is 5.89 Å². The monoisotopic (exact) mass is 335 g/mol. The topological polar surface area (TPSA) is 51.4 Å². The van der Waals surface area contributed by atoms with Crippen LogP contribution in [-0.4, -0.2) is 34.2 Å². The molecule has 1 aliphatic heterocycles. The molecule has 1 aliphatic rings. The summed E-state index contributed by atoms with van der Waals surface area (Å²) in [4.78, 5) is 6.76. The van der Waals surface area contributed by atoms with Gasteiger partial charge >= 0.3 is 0 Å². The van der Waals surface area contributed by atoms with E-state index in [1.165, 1.54) is 0 Å². The van der Waals surface area contributed by atoms with Crippen LogP contribution in [0.3, 0.4) is 0 Å². The molecule has 3 rings (SSSR count). The van der Waals surface area contributed by atoms with Crippen LogP contribution in [0.4, 0.5) is 0 Å². The van der Waals surface area contributed by atoms with Crippen LogP contribution in [0.25, 0.3) is 0 Å². The lowest BCUT2D eigenvalue weighted by molar-refractivity contribution is 0.0904. The Hall–Kier alpha value is -1.59. The molecule has 124 valence electrons. The summed E-state index contributed by atoms with van der Waals surface area (Å²) in [6, 6.07) is 7.58. The fraction of sp³-hybridized carbons (Fsp3) is 0.529. The van der Waals surface area contributed by atoms with E-state index in [0.29, 0.717) is 10.9 Å². The van der Waals surface area contributed by atoms with Crippen molar-refractivity contribution >= 4 is 11.6 Å². The maximum Gasteiger partial charge on any atom is 0.240 e. The second kappa shape index (κ2) is 7.79. The summed E-state index contributed by atoms with van der Waals surface area (Å²) in [5, 5.41) is 4.71. The Bertz CT molecular complexity index is 624. The molecule has 1 saturated heterocycles. The quantitative estimate of drug-likeness (QED) is 0.805. The Balaban J connectivity index is 1.46. The first kappa shape index (κ1) is 16.3. The van der Waals surface area contributed by atoms with Crippen molar-refractivity contribution in [1.29, 1.82) is 0 Å². The van der Waals surface area contributed by atoms with Crippen LogP contribution in [0.2, 0.25) is 5.02 Å². The number of nitrogens with zero attached hydrogens (tertiary/aromatic N) is 3. The standard InChI is InChI=1S/C17H22ClN3O2/c1-2-4-16-19-17(23-20-16)12-21-9-7-14(8-10-21)22-15-6-3-5-13(18)11-15/h3,5-6,11,14H,2,4,7-10,12H2,1H3. The third kappa shape index (κ3) is 4.69. The van der Waals surface area contributed by atoms with Crippen LogP contribution in [-0.2, 0) is 13.0 Å². The Morgan fingerprint density at radius 1 is 1.35 bits per heavy atom. The van der Waals surface area contributed by atoms with Crippen molar-refractivity contribution in [2.45, 2.75) is 45.3 Å². The van der Waals surface area contributed by atoms with E-state index in [9.17, 15) is 0 Å². The molecule has 1 aromatic carbocycles. The maximum atomic E-state index is 6.01. The van der Waals surface area contributed by atoms with Crippen LogP contribution in [0.15, 0.2) is 28.8 Å². The number of rotatable bonds is 6. The van der Waals surface area contributed by atoms with E-state index in [0.717, 1.165) is 56.9 Å². The highest BCUT2D eigenvalue weighted by Gasteiger charge is 2.22. The highest BCUT2D eigenvalue weighted by Crippen LogP contribution is 2.22. The molecule has 0 saturated carbocycles. The normalized spacial score (nSPS) is 16.6. The molecule has 2 aromatic rings. The maximum absolute atomic E-state index is 6.01. The molecule has 6 heteroatoms. The molecule has 5 nitrogen and oxygen atoms in total. The van der Waals surface area contributed by atoms with E-state index >= 15 is 0 Å². The summed E-state index contributed by atoms with van der Waals surface area (Å²) in [6.45, 7) is 4.77. The fourth-order valence-corrected chi connectivity index (χ4v) is 2.97. The average molecular weight is 336 g/mol. The minimum absolute atomic E-state index is 0.239. The van der Waals surface area contributed by atoms with E-state index in [4.69, 9.17) is 20.9 Å². The Kier molecular flexibility index (Phi) is 5.51. The molecule has 1 fully saturated rings. The van der Waals surface area contributed by atoms with Gasteiger partial charge in [-0.05, 0) is 37.5 Å². The van der Waals surface area contributed by atoms with Crippen molar-refractivity contribution in [3.8, 4) is 5.75 Å². The van der Waals surface area contributed by atoms with Gasteiger partial charge in [-0.2, -0.15) is 4.98 Å². The zero-order chi connectivity index (χ0) is 16.1. The van der Waals surface area contributed by atoms with Crippen LogP contribution in [0.5, 0.6) is 5.75 Å². The third-order valence-electron chi connectivity index (χ3n) is 3.98. The van der Waals surface area contributed by atoms with Gasteiger partial charge in [-0.25, -0.2) is 0 Å². The van der Waals surface area contributed by atoms with Crippen LogP contribution < -0.4 is 4.74 Å². The number of hydrogen-bond donors (Lipinski definition) is 0. The lowest BCUT2D eigenvalue weighted by atomic mass is 10.1. The predicted octanol–water partition coefficient (Wildman–Crippen LogP) is 3.72. The van der Waals surface area contributed by atoms with Gasteiger partial charge in [0.1, 0.15) is 11.9 Å². The van der Waals surface area contributed by atoms with Gasteiger partial charge in [-0.3, -0.25) is 4.90 Å². The number of ether oxygens (including phenoxy) is 1. The fourth-order valence-electron chi connectivity index (χ4n) is 2.79. The number of piperidine rings is 1. The minimum atomic E-state index is 0.239. The predicted molar refractivity (Wildman–Crippen MR) is 88.7 cm³/mol. The van der Waals surface area contributed by atoms with Crippen molar-refractivity contribution < 1.29 is 9.26 Å². The Labute approximate surface area is 141 Å². The molecule has 0 spiro atoms. The SMILES string of the molecule is CCCc1noc(CN2CCC(Oc3cccc(Cl)c3)CC2)n1. The Morgan fingerprint density at radius 2 is 2.17 bits per heavy atom. The number of halogens is 1. The van der Waals surface area contributed by atoms with E-state index in [-0.39, 0.29) is 6.10 Å². The largest absolute Gasteiger partial charge is 0.490 e. The number of aryl methyl sites for hydroxylation is 1. The highest BCUT2D eigenvalue weighted by molar-refractivity contribution is 6.30. The molecule has 23 heavy (non-hydrogen) atoms. The van der Waals surface area contributed by atoms with Gasteiger partial charge in [0.25, 0.3) is 0 Å². The van der Waals surface area contributed by atoms with Crippen molar-refractivity contribution in [3.63, 3.8) is 0 Å². The molecule has 0 amide bonds. The first-order chi connectivity index (χ1) is 11.2. The lowest BCUT2D eigenvalue weighted by Crippen LogP contribution is -2.37. The molecular formula is C17H22ClN3O2. The van der Waals surface area contributed by atoms with Crippen molar-refractivity contribution in [3.05, 3.63) is 41.0 Å². The number of likely N-dealkylation sites (tertiary alicyclic amines) is 1. The number of aromatic nitrogens is 2. The number of hydrogen-bond acceptors (Lipinski definition) is 5. The van der Waals surface area contributed by atoms with Crippen LogP contribution >= 0.6 is 11.6 Å². The smallest absolute Gasteiger partial charge is 0.240 e. The van der Waals surface area contributed by atoms with Gasteiger partial charge in [0.15, 0.2) is 5.82 Å². The van der Waals surface area contributed by atoms with Crippen molar-refractivity contribution in [2.24, 2.45) is 0 Å². The third-order valence-corrected chi connectivity index (χ3v) is 4.21. The van der Waals surface area contributed by atoms with Crippen LogP contribution in [0, 0.1) is 0 Å².